The summed E-state index contributed by atoms with van der Waals surface area (Å²) in [5.74, 6) is -8.14. The molecule has 1 amide bonds. The predicted molar refractivity (Wildman–Crippen MR) is 106 cm³/mol. The molecule has 1 N–H and O–H groups in total. The number of ether oxygens (including phenoxy) is 1. The lowest BCUT2D eigenvalue weighted by atomic mass is 10.1. The van der Waals surface area contributed by atoms with Crippen LogP contribution in [0.5, 0.6) is 5.75 Å². The molecule has 0 saturated carbocycles. The number of rotatable bonds is 8. The molecule has 3 aromatic rings. The average molecular weight is 489 g/mol. The van der Waals surface area contributed by atoms with Gasteiger partial charge in [0.15, 0.2) is 23.1 Å². The first kappa shape index (κ1) is 25.1. The van der Waals surface area contributed by atoms with E-state index in [2.05, 4.69) is 10.4 Å². The van der Waals surface area contributed by atoms with E-state index >= 15 is 0 Å². The molecule has 5 nitrogen and oxygen atoms in total. The van der Waals surface area contributed by atoms with E-state index in [9.17, 15) is 35.5 Å². The van der Waals surface area contributed by atoms with Crippen LogP contribution >= 0.6 is 0 Å². The van der Waals surface area contributed by atoms with Crippen LogP contribution in [-0.2, 0) is 19.3 Å². The van der Waals surface area contributed by atoms with Gasteiger partial charge in [0.05, 0.1) is 0 Å². The normalized spacial score (nSPS) is 11.5. The quantitative estimate of drug-likeness (QED) is 0.270. The zero-order valence-corrected chi connectivity index (χ0v) is 17.6. The maximum Gasteiger partial charge on any atom is 0.435 e. The molecule has 0 bridgehead atoms. The minimum atomic E-state index is -4.53. The fourth-order valence-corrected chi connectivity index (χ4v) is 2.99. The van der Waals surface area contributed by atoms with E-state index in [4.69, 9.17) is 4.74 Å². The first-order chi connectivity index (χ1) is 16.0. The van der Waals surface area contributed by atoms with Gasteiger partial charge in [-0.2, -0.15) is 27.1 Å². The third-order valence-electron chi connectivity index (χ3n) is 4.77. The molecule has 1 aromatic heterocycles. The Morgan fingerprint density at radius 2 is 1.65 bits per heavy atom. The zero-order valence-electron chi connectivity index (χ0n) is 17.6. The van der Waals surface area contributed by atoms with Crippen molar-refractivity contribution in [1.82, 2.24) is 15.1 Å². The van der Waals surface area contributed by atoms with Crippen molar-refractivity contribution in [2.45, 2.75) is 32.7 Å². The first-order valence-corrected chi connectivity index (χ1v) is 9.92. The van der Waals surface area contributed by atoms with Crippen molar-refractivity contribution in [2.24, 2.45) is 0 Å². The summed E-state index contributed by atoms with van der Waals surface area (Å²) < 4.78 is 97.8. The molecule has 12 heteroatoms. The molecule has 0 fully saturated rings. The minimum absolute atomic E-state index is 0.0704. The summed E-state index contributed by atoms with van der Waals surface area (Å²) in [5.41, 5.74) is -0.0227. The molecule has 0 aliphatic heterocycles. The monoisotopic (exact) mass is 489 g/mol. The highest BCUT2D eigenvalue weighted by molar-refractivity contribution is 5.94. The predicted octanol–water partition coefficient (Wildman–Crippen LogP) is 5.17. The van der Waals surface area contributed by atoms with E-state index in [0.717, 1.165) is 6.07 Å². The lowest BCUT2D eigenvalue weighted by Gasteiger charge is -2.10. The number of alkyl halides is 3. The highest BCUT2D eigenvalue weighted by atomic mass is 19.4. The number of nitrogens with one attached hydrogen (secondary N) is 1. The molecule has 34 heavy (non-hydrogen) atoms. The molecular formula is C22H18F7N3O2. The number of aromatic nitrogens is 2. The van der Waals surface area contributed by atoms with Crippen LogP contribution in [0.4, 0.5) is 30.7 Å². The van der Waals surface area contributed by atoms with E-state index in [1.54, 1.807) is 0 Å². The van der Waals surface area contributed by atoms with E-state index in [1.807, 2.05) is 0 Å². The van der Waals surface area contributed by atoms with Crippen molar-refractivity contribution >= 4 is 5.91 Å². The Morgan fingerprint density at radius 3 is 2.21 bits per heavy atom. The molecule has 0 atom stereocenters. The number of nitrogens with zero attached hydrogens (tertiary/aromatic N) is 2. The number of hydrogen-bond donors (Lipinski definition) is 1. The topological polar surface area (TPSA) is 56.2 Å². The van der Waals surface area contributed by atoms with E-state index in [-0.39, 0.29) is 24.7 Å². The van der Waals surface area contributed by atoms with Gasteiger partial charge >= 0.3 is 6.18 Å². The molecule has 2 aromatic carbocycles. The van der Waals surface area contributed by atoms with Gasteiger partial charge in [0.2, 0.25) is 11.6 Å². The number of carbonyl (C=O) groups is 1. The largest absolute Gasteiger partial charge is 0.483 e. The summed E-state index contributed by atoms with van der Waals surface area (Å²) in [6, 6.07) is 6.66. The van der Waals surface area contributed by atoms with Crippen molar-refractivity contribution in [3.05, 3.63) is 82.2 Å². The molecule has 0 aliphatic carbocycles. The zero-order chi connectivity index (χ0) is 25.0. The second kappa shape index (κ2) is 10.1. The molecule has 1 heterocycles. The third-order valence-corrected chi connectivity index (χ3v) is 4.77. The molecule has 0 radical (unpaired) electrons. The van der Waals surface area contributed by atoms with E-state index in [1.165, 1.54) is 35.9 Å². The number of amides is 1. The van der Waals surface area contributed by atoms with Crippen LogP contribution in [-0.4, -0.2) is 22.2 Å². The second-order valence-corrected chi connectivity index (χ2v) is 7.28. The lowest BCUT2D eigenvalue weighted by molar-refractivity contribution is -0.141. The van der Waals surface area contributed by atoms with Crippen molar-refractivity contribution in [3.63, 3.8) is 0 Å². The number of carbonyl (C=O) groups excluding carboxylic acids is 1. The molecule has 0 unspecified atom stereocenters. The summed E-state index contributed by atoms with van der Waals surface area (Å²) in [5, 5.41) is 6.12. The minimum Gasteiger partial charge on any atom is -0.483 e. The fraction of sp³-hybridized carbons (Fsp3) is 0.273. The van der Waals surface area contributed by atoms with Crippen molar-refractivity contribution in [3.8, 4) is 5.75 Å². The Balaban J connectivity index is 1.50. The Hall–Kier alpha value is -3.57. The Kier molecular flexibility index (Phi) is 7.48. The SMILES string of the molecule is Cc1cc(C(F)(F)F)nn1CCCNC(=O)c1ccc(COc2c(F)c(F)cc(F)c2F)cc1. The summed E-state index contributed by atoms with van der Waals surface area (Å²) in [4.78, 5) is 12.2. The van der Waals surface area contributed by atoms with Gasteiger partial charge in [0.25, 0.3) is 5.91 Å². The van der Waals surface area contributed by atoms with Gasteiger partial charge in [-0.25, -0.2) is 8.78 Å². The second-order valence-electron chi connectivity index (χ2n) is 7.28. The molecule has 0 aliphatic rings. The number of hydrogen-bond acceptors (Lipinski definition) is 3. The summed E-state index contributed by atoms with van der Waals surface area (Å²) in [6.45, 7) is 1.43. The van der Waals surface area contributed by atoms with Crippen LogP contribution < -0.4 is 10.1 Å². The standard InChI is InChI=1S/C22H18F7N3O2/c1-12-9-17(22(27,28)29)31-32(12)8-2-7-30-21(33)14-5-3-13(4-6-14)11-34-20-18(25)15(23)10-16(24)19(20)26/h3-6,9-10H,2,7-8,11H2,1H3,(H,30,33). The molecule has 182 valence electrons. The van der Waals surface area contributed by atoms with Gasteiger partial charge in [-0.15, -0.1) is 0 Å². The highest BCUT2D eigenvalue weighted by Gasteiger charge is 2.34. The average Bonchev–Trinajstić information content (AvgIpc) is 3.16. The van der Waals surface area contributed by atoms with Crippen molar-refractivity contribution in [2.75, 3.05) is 6.54 Å². The first-order valence-electron chi connectivity index (χ1n) is 9.92. The van der Waals surface area contributed by atoms with Gasteiger partial charge in [-0.1, -0.05) is 12.1 Å². The lowest BCUT2D eigenvalue weighted by Crippen LogP contribution is -2.25. The van der Waals surface area contributed by atoms with Gasteiger partial charge in [0.1, 0.15) is 6.61 Å². The van der Waals surface area contributed by atoms with Crippen LogP contribution in [0, 0.1) is 30.2 Å². The number of aryl methyl sites for hydroxylation is 2. The Bertz CT molecular complexity index is 1150. The fourth-order valence-electron chi connectivity index (χ4n) is 2.99. The smallest absolute Gasteiger partial charge is 0.435 e. The molecule has 0 spiro atoms. The number of halogens is 7. The third kappa shape index (κ3) is 5.86. The Labute approximate surface area is 189 Å². The maximum atomic E-state index is 13.6. The summed E-state index contributed by atoms with van der Waals surface area (Å²) in [7, 11) is 0. The van der Waals surface area contributed by atoms with Crippen LogP contribution in [0.15, 0.2) is 36.4 Å². The van der Waals surface area contributed by atoms with E-state index in [0.29, 0.717) is 17.7 Å². The summed E-state index contributed by atoms with van der Waals surface area (Å²) in [6.07, 6.45) is -4.20. The highest BCUT2D eigenvalue weighted by Crippen LogP contribution is 2.29. The molecule has 3 rings (SSSR count). The molecule has 0 saturated heterocycles. The van der Waals surface area contributed by atoms with Crippen molar-refractivity contribution < 1.29 is 40.3 Å². The van der Waals surface area contributed by atoms with Gasteiger partial charge in [-0.3, -0.25) is 9.48 Å². The van der Waals surface area contributed by atoms with Crippen LogP contribution in [0.2, 0.25) is 0 Å². The van der Waals surface area contributed by atoms with E-state index < -0.39 is 53.4 Å². The Morgan fingerprint density at radius 1 is 1.03 bits per heavy atom. The van der Waals surface area contributed by atoms with Gasteiger partial charge in [0, 0.05) is 30.4 Å². The van der Waals surface area contributed by atoms with Crippen molar-refractivity contribution in [1.29, 1.82) is 0 Å². The van der Waals surface area contributed by atoms with Gasteiger partial charge < -0.3 is 10.1 Å². The molecular weight excluding hydrogens is 471 g/mol. The number of benzene rings is 2. The summed E-state index contributed by atoms with van der Waals surface area (Å²) >= 11 is 0. The van der Waals surface area contributed by atoms with Crippen LogP contribution in [0.25, 0.3) is 0 Å². The maximum absolute atomic E-state index is 13.6. The van der Waals surface area contributed by atoms with Crippen LogP contribution in [0.1, 0.15) is 33.7 Å². The van der Waals surface area contributed by atoms with Crippen LogP contribution in [0.3, 0.4) is 0 Å². The van der Waals surface area contributed by atoms with Gasteiger partial charge in [-0.05, 0) is 37.1 Å².